The fourth-order valence-corrected chi connectivity index (χ4v) is 6.55. The van der Waals surface area contributed by atoms with Gasteiger partial charge < -0.3 is 14.5 Å². The Bertz CT molecular complexity index is 754. The van der Waals surface area contributed by atoms with Crippen LogP contribution in [0.15, 0.2) is 18.2 Å². The van der Waals surface area contributed by atoms with Gasteiger partial charge in [-0.1, -0.05) is 13.3 Å². The first kappa shape index (κ1) is 25.1. The van der Waals surface area contributed by atoms with Crippen LogP contribution in [0.1, 0.15) is 83.6 Å². The molecule has 5 rings (SSSR count). The summed E-state index contributed by atoms with van der Waals surface area (Å²) in [6.07, 6.45) is 11.9. The van der Waals surface area contributed by atoms with E-state index in [-0.39, 0.29) is 12.4 Å². The molecule has 0 bridgehead atoms. The third-order valence-electron chi connectivity index (χ3n) is 8.78. The van der Waals surface area contributed by atoms with Gasteiger partial charge in [-0.15, -0.1) is 12.4 Å². The molecular formula is C28H46ClN3O. The van der Waals surface area contributed by atoms with Crippen molar-refractivity contribution in [2.24, 2.45) is 5.41 Å². The molecule has 33 heavy (non-hydrogen) atoms. The van der Waals surface area contributed by atoms with Crippen molar-refractivity contribution in [3.8, 4) is 0 Å². The Morgan fingerprint density at radius 1 is 0.909 bits per heavy atom. The van der Waals surface area contributed by atoms with Crippen LogP contribution in [0.3, 0.4) is 0 Å². The molecule has 1 spiro atoms. The van der Waals surface area contributed by atoms with E-state index in [1.54, 1.807) is 5.56 Å². The highest BCUT2D eigenvalue weighted by atomic mass is 35.5. The van der Waals surface area contributed by atoms with Crippen LogP contribution >= 0.6 is 12.4 Å². The minimum atomic E-state index is 0. The number of rotatable bonds is 6. The molecule has 0 N–H and O–H groups in total. The molecule has 186 valence electrons. The molecule has 1 aromatic carbocycles. The highest BCUT2D eigenvalue weighted by Gasteiger charge is 2.45. The first-order chi connectivity index (χ1) is 15.5. The fraction of sp³-hybridized carbons (Fsp3) is 0.786. The molecule has 2 unspecified atom stereocenters. The highest BCUT2D eigenvalue weighted by molar-refractivity contribution is 5.85. The number of morpholine rings is 1. The first-order valence-electron chi connectivity index (χ1n) is 13.6. The maximum atomic E-state index is 6.02. The van der Waals surface area contributed by atoms with Gasteiger partial charge in [-0.3, -0.25) is 4.90 Å². The molecule has 2 saturated heterocycles. The zero-order valence-electron chi connectivity index (χ0n) is 21.2. The van der Waals surface area contributed by atoms with Gasteiger partial charge in [-0.05, 0) is 100 Å². The molecule has 0 aromatic heterocycles. The topological polar surface area (TPSA) is 19.0 Å². The summed E-state index contributed by atoms with van der Waals surface area (Å²) >= 11 is 0. The predicted molar refractivity (Wildman–Crippen MR) is 142 cm³/mol. The van der Waals surface area contributed by atoms with Crippen molar-refractivity contribution in [1.82, 2.24) is 4.90 Å². The van der Waals surface area contributed by atoms with E-state index in [9.17, 15) is 0 Å². The van der Waals surface area contributed by atoms with Gasteiger partial charge in [0.15, 0.2) is 0 Å². The SMILES string of the molecule is CCCCN1CCN(c2ccc(N3CC(C)OC(C)C3)cc2C2CCC3(CC2)CC3)CC1.Cl. The average molecular weight is 476 g/mol. The van der Waals surface area contributed by atoms with Gasteiger partial charge in [-0.2, -0.15) is 0 Å². The third kappa shape index (κ3) is 5.82. The Hall–Kier alpha value is -0.970. The van der Waals surface area contributed by atoms with Crippen LogP contribution in [-0.2, 0) is 4.74 Å². The van der Waals surface area contributed by atoms with Crippen LogP contribution < -0.4 is 9.80 Å². The number of hydrogen-bond acceptors (Lipinski definition) is 4. The van der Waals surface area contributed by atoms with E-state index in [0.717, 1.165) is 24.4 Å². The summed E-state index contributed by atoms with van der Waals surface area (Å²) in [7, 11) is 0. The summed E-state index contributed by atoms with van der Waals surface area (Å²) < 4.78 is 6.02. The number of hydrogen-bond donors (Lipinski definition) is 0. The summed E-state index contributed by atoms with van der Waals surface area (Å²) in [5, 5.41) is 0. The molecule has 2 aliphatic carbocycles. The standard InChI is InChI=1S/C28H45N3O.ClH/c1-4-5-14-29-15-17-30(18-16-29)27-7-6-25(31-20-22(2)32-23(3)21-31)19-26(27)24-8-10-28(11-9-24)12-13-28;/h6-7,19,22-24H,4-5,8-18,20-21H2,1-3H3;1H. The summed E-state index contributed by atoms with van der Waals surface area (Å²) in [5.74, 6) is 0.741. The molecule has 2 saturated carbocycles. The lowest BCUT2D eigenvalue weighted by molar-refractivity contribution is -0.00522. The minimum absolute atomic E-state index is 0. The average Bonchev–Trinajstić information content (AvgIpc) is 3.56. The van der Waals surface area contributed by atoms with Gasteiger partial charge in [0, 0.05) is 50.6 Å². The van der Waals surface area contributed by atoms with Crippen molar-refractivity contribution in [3.05, 3.63) is 23.8 Å². The molecule has 5 heteroatoms. The van der Waals surface area contributed by atoms with E-state index in [4.69, 9.17) is 4.74 Å². The van der Waals surface area contributed by atoms with Gasteiger partial charge in [0.25, 0.3) is 0 Å². The van der Waals surface area contributed by atoms with Crippen molar-refractivity contribution in [3.63, 3.8) is 0 Å². The second-order valence-corrected chi connectivity index (χ2v) is 11.4. The number of halogens is 1. The van der Waals surface area contributed by atoms with Crippen LogP contribution in [0.4, 0.5) is 11.4 Å². The molecule has 4 aliphatic rings. The Kier molecular flexibility index (Phi) is 8.18. The Balaban J connectivity index is 0.00000259. The molecule has 0 amide bonds. The normalized spacial score (nSPS) is 28.1. The fourth-order valence-electron chi connectivity index (χ4n) is 6.55. The molecule has 2 heterocycles. The molecular weight excluding hydrogens is 430 g/mol. The maximum absolute atomic E-state index is 6.02. The van der Waals surface area contributed by atoms with Crippen LogP contribution in [0.2, 0.25) is 0 Å². The molecule has 4 nitrogen and oxygen atoms in total. The summed E-state index contributed by atoms with van der Waals surface area (Å²) in [6.45, 7) is 14.8. The van der Waals surface area contributed by atoms with E-state index in [2.05, 4.69) is 53.7 Å². The third-order valence-corrected chi connectivity index (χ3v) is 8.78. The number of unbranched alkanes of at least 4 members (excludes halogenated alkanes) is 1. The number of nitrogens with zero attached hydrogens (tertiary/aromatic N) is 3. The van der Waals surface area contributed by atoms with E-state index in [0.29, 0.717) is 12.2 Å². The molecule has 0 radical (unpaired) electrons. The largest absolute Gasteiger partial charge is 0.372 e. The Labute approximate surface area is 208 Å². The van der Waals surface area contributed by atoms with Gasteiger partial charge in [-0.25, -0.2) is 0 Å². The van der Waals surface area contributed by atoms with Crippen molar-refractivity contribution in [2.75, 3.05) is 55.6 Å². The second kappa shape index (κ2) is 10.7. The van der Waals surface area contributed by atoms with Crippen LogP contribution in [0.5, 0.6) is 0 Å². The zero-order chi connectivity index (χ0) is 22.1. The van der Waals surface area contributed by atoms with Crippen LogP contribution in [0.25, 0.3) is 0 Å². The summed E-state index contributed by atoms with van der Waals surface area (Å²) in [4.78, 5) is 7.94. The molecule has 1 aromatic rings. The van der Waals surface area contributed by atoms with Gasteiger partial charge in [0.05, 0.1) is 12.2 Å². The second-order valence-electron chi connectivity index (χ2n) is 11.4. The van der Waals surface area contributed by atoms with Crippen molar-refractivity contribution < 1.29 is 4.74 Å². The van der Waals surface area contributed by atoms with Gasteiger partial charge >= 0.3 is 0 Å². The highest BCUT2D eigenvalue weighted by Crippen LogP contribution is 2.59. The van der Waals surface area contributed by atoms with Crippen LogP contribution in [0, 0.1) is 5.41 Å². The summed E-state index contributed by atoms with van der Waals surface area (Å²) in [6, 6.07) is 7.45. The van der Waals surface area contributed by atoms with Crippen molar-refractivity contribution in [2.45, 2.75) is 90.3 Å². The zero-order valence-corrected chi connectivity index (χ0v) is 22.0. The van der Waals surface area contributed by atoms with Gasteiger partial charge in [0.1, 0.15) is 0 Å². The lowest BCUT2D eigenvalue weighted by atomic mass is 9.76. The van der Waals surface area contributed by atoms with Crippen molar-refractivity contribution in [1.29, 1.82) is 0 Å². The van der Waals surface area contributed by atoms with Crippen molar-refractivity contribution >= 4 is 23.8 Å². The monoisotopic (exact) mass is 475 g/mol. The molecule has 2 aliphatic heterocycles. The van der Waals surface area contributed by atoms with Crippen LogP contribution in [-0.4, -0.2) is 62.9 Å². The number of benzene rings is 1. The lowest BCUT2D eigenvalue weighted by Crippen LogP contribution is -2.47. The van der Waals surface area contributed by atoms with E-state index in [1.165, 1.54) is 95.5 Å². The minimum Gasteiger partial charge on any atom is -0.372 e. The van der Waals surface area contributed by atoms with Gasteiger partial charge in [0.2, 0.25) is 0 Å². The van der Waals surface area contributed by atoms with E-state index < -0.39 is 0 Å². The smallest absolute Gasteiger partial charge is 0.0726 e. The van der Waals surface area contributed by atoms with E-state index in [1.807, 2.05) is 0 Å². The first-order valence-corrected chi connectivity index (χ1v) is 13.6. The Morgan fingerprint density at radius 3 is 2.18 bits per heavy atom. The molecule has 4 fully saturated rings. The number of piperazine rings is 1. The van der Waals surface area contributed by atoms with E-state index >= 15 is 0 Å². The number of ether oxygens (including phenoxy) is 1. The number of anilines is 2. The molecule has 2 atom stereocenters. The maximum Gasteiger partial charge on any atom is 0.0726 e. The summed E-state index contributed by atoms with van der Waals surface area (Å²) in [5.41, 5.74) is 5.36. The lowest BCUT2D eigenvalue weighted by Gasteiger charge is -2.40. The predicted octanol–water partition coefficient (Wildman–Crippen LogP) is 6.08. The quantitative estimate of drug-likeness (QED) is 0.496. The Morgan fingerprint density at radius 2 is 1.58 bits per heavy atom.